The summed E-state index contributed by atoms with van der Waals surface area (Å²) in [4.78, 5) is 23.2. The zero-order valence-corrected chi connectivity index (χ0v) is 17.4. The van der Waals surface area contributed by atoms with E-state index >= 15 is 0 Å². The number of hydrogen-bond donors (Lipinski definition) is 2. The summed E-state index contributed by atoms with van der Waals surface area (Å²) in [5.41, 5.74) is 1.27. The van der Waals surface area contributed by atoms with Gasteiger partial charge in [0.05, 0.1) is 0 Å². The number of rotatable bonds is 8. The van der Waals surface area contributed by atoms with E-state index in [0.29, 0.717) is 17.8 Å². The molecule has 1 saturated carbocycles. The van der Waals surface area contributed by atoms with Gasteiger partial charge in [-0.3, -0.25) is 4.79 Å². The van der Waals surface area contributed by atoms with Gasteiger partial charge < -0.3 is 15.2 Å². The lowest BCUT2D eigenvalue weighted by molar-refractivity contribution is -0.137. The van der Waals surface area contributed by atoms with Crippen LogP contribution in [0.25, 0.3) is 0 Å². The van der Waals surface area contributed by atoms with Gasteiger partial charge in [-0.25, -0.2) is 4.79 Å². The van der Waals surface area contributed by atoms with Gasteiger partial charge in [0.1, 0.15) is 6.61 Å². The average molecular weight is 390 g/mol. The summed E-state index contributed by atoms with van der Waals surface area (Å²) < 4.78 is 5.32. The Morgan fingerprint density at radius 3 is 2.36 bits per heavy atom. The Hall–Kier alpha value is -2.04. The molecular weight excluding hydrogens is 354 g/mol. The predicted octanol–water partition coefficient (Wildman–Crippen LogP) is 5.39. The summed E-state index contributed by atoms with van der Waals surface area (Å²) in [6, 6.07) is 9.38. The number of carbonyl (C=O) groups is 2. The highest BCUT2D eigenvalue weighted by Crippen LogP contribution is 2.41. The lowest BCUT2D eigenvalue weighted by atomic mass is 9.69. The summed E-state index contributed by atoms with van der Waals surface area (Å²) >= 11 is 0. The lowest BCUT2D eigenvalue weighted by Crippen LogP contribution is -2.38. The van der Waals surface area contributed by atoms with Crippen molar-refractivity contribution in [3.05, 3.63) is 35.9 Å². The fourth-order valence-electron chi connectivity index (χ4n) is 4.14. The van der Waals surface area contributed by atoms with Crippen LogP contribution >= 0.6 is 0 Å². The number of hydrogen-bond acceptors (Lipinski definition) is 3. The minimum absolute atomic E-state index is 0.0565. The summed E-state index contributed by atoms with van der Waals surface area (Å²) in [5, 5.41) is 11.9. The molecular formula is C23H35NO4. The van der Waals surface area contributed by atoms with Crippen LogP contribution in [0.4, 0.5) is 4.79 Å². The maximum Gasteiger partial charge on any atom is 0.407 e. The topological polar surface area (TPSA) is 75.6 Å². The standard InChI is InChI=1S/C23H35NO4/c1-23(2,3)19-11-9-17(10-12-19)15-20(13-14-21(25)26)24-22(27)28-16-18-7-5-4-6-8-18/h4-8,17,19-20H,9-16H2,1-3H3,(H,24,27)(H,25,26). The van der Waals surface area contributed by atoms with E-state index in [4.69, 9.17) is 9.84 Å². The molecule has 0 spiro atoms. The maximum absolute atomic E-state index is 12.2. The van der Waals surface area contributed by atoms with Gasteiger partial charge >= 0.3 is 12.1 Å². The number of carboxylic acids is 1. The second kappa shape index (κ2) is 10.5. The van der Waals surface area contributed by atoms with Crippen LogP contribution in [-0.2, 0) is 16.1 Å². The molecule has 156 valence electrons. The number of aliphatic carboxylic acids is 1. The van der Waals surface area contributed by atoms with Crippen molar-refractivity contribution >= 4 is 12.1 Å². The minimum Gasteiger partial charge on any atom is -0.481 e. The van der Waals surface area contributed by atoms with Crippen LogP contribution in [0.1, 0.15) is 71.3 Å². The van der Waals surface area contributed by atoms with E-state index in [1.165, 1.54) is 12.8 Å². The Morgan fingerprint density at radius 2 is 1.79 bits per heavy atom. The number of carbonyl (C=O) groups excluding carboxylic acids is 1. The second-order valence-electron chi connectivity index (χ2n) is 9.15. The van der Waals surface area contributed by atoms with Crippen LogP contribution < -0.4 is 5.32 Å². The number of carboxylic acid groups (broad SMARTS) is 1. The molecule has 0 aromatic heterocycles. The van der Waals surface area contributed by atoms with E-state index in [9.17, 15) is 9.59 Å². The number of ether oxygens (including phenoxy) is 1. The van der Waals surface area contributed by atoms with Crippen molar-refractivity contribution in [1.82, 2.24) is 5.32 Å². The molecule has 1 fully saturated rings. The normalized spacial score (nSPS) is 21.0. The highest BCUT2D eigenvalue weighted by molar-refractivity contribution is 5.68. The molecule has 1 aromatic rings. The molecule has 0 radical (unpaired) electrons. The molecule has 2 N–H and O–H groups in total. The predicted molar refractivity (Wildman–Crippen MR) is 110 cm³/mol. The van der Waals surface area contributed by atoms with Crippen LogP contribution in [0.3, 0.4) is 0 Å². The molecule has 1 aromatic carbocycles. The smallest absolute Gasteiger partial charge is 0.407 e. The third-order valence-electron chi connectivity index (χ3n) is 5.93. The quantitative estimate of drug-likeness (QED) is 0.625. The number of benzene rings is 1. The molecule has 0 aliphatic heterocycles. The van der Waals surface area contributed by atoms with Crippen molar-refractivity contribution in [2.75, 3.05) is 0 Å². The van der Waals surface area contributed by atoms with Gasteiger partial charge in [-0.15, -0.1) is 0 Å². The van der Waals surface area contributed by atoms with Crippen LogP contribution in [0.2, 0.25) is 0 Å². The van der Waals surface area contributed by atoms with E-state index in [1.807, 2.05) is 30.3 Å². The summed E-state index contributed by atoms with van der Waals surface area (Å²) in [6.07, 6.45) is 5.55. The molecule has 0 heterocycles. The first-order chi connectivity index (χ1) is 13.2. The summed E-state index contributed by atoms with van der Waals surface area (Å²) in [7, 11) is 0. The van der Waals surface area contributed by atoms with Gasteiger partial charge in [0, 0.05) is 12.5 Å². The van der Waals surface area contributed by atoms with E-state index in [-0.39, 0.29) is 19.1 Å². The highest BCUT2D eigenvalue weighted by atomic mass is 16.5. The number of alkyl carbamates (subject to hydrolysis) is 1. The molecule has 5 heteroatoms. The third kappa shape index (κ3) is 7.91. The Labute approximate surface area is 168 Å². The van der Waals surface area contributed by atoms with E-state index in [2.05, 4.69) is 26.1 Å². The number of amides is 1. The van der Waals surface area contributed by atoms with Crippen molar-refractivity contribution in [1.29, 1.82) is 0 Å². The Bertz CT molecular complexity index is 615. The molecule has 5 nitrogen and oxygen atoms in total. The van der Waals surface area contributed by atoms with Gasteiger partial charge in [-0.2, -0.15) is 0 Å². The van der Waals surface area contributed by atoms with Gasteiger partial charge in [0.25, 0.3) is 0 Å². The molecule has 0 saturated heterocycles. The molecule has 2 rings (SSSR count). The van der Waals surface area contributed by atoms with Crippen molar-refractivity contribution in [3.8, 4) is 0 Å². The van der Waals surface area contributed by atoms with Crippen molar-refractivity contribution in [2.24, 2.45) is 17.3 Å². The molecule has 1 unspecified atom stereocenters. The average Bonchev–Trinajstić information content (AvgIpc) is 2.65. The second-order valence-corrected chi connectivity index (χ2v) is 9.15. The monoisotopic (exact) mass is 389 g/mol. The first kappa shape index (κ1) is 22.3. The van der Waals surface area contributed by atoms with Gasteiger partial charge in [0.15, 0.2) is 0 Å². The zero-order chi connectivity index (χ0) is 20.6. The minimum atomic E-state index is -0.833. The van der Waals surface area contributed by atoms with Crippen LogP contribution in [0.15, 0.2) is 30.3 Å². The maximum atomic E-state index is 12.2. The van der Waals surface area contributed by atoms with Gasteiger partial charge in [-0.05, 0) is 48.5 Å². The number of nitrogens with one attached hydrogen (secondary N) is 1. The van der Waals surface area contributed by atoms with Crippen LogP contribution in [0, 0.1) is 17.3 Å². The van der Waals surface area contributed by atoms with Gasteiger partial charge in [0.2, 0.25) is 0 Å². The highest BCUT2D eigenvalue weighted by Gasteiger charge is 2.31. The molecule has 28 heavy (non-hydrogen) atoms. The van der Waals surface area contributed by atoms with Crippen LogP contribution in [0.5, 0.6) is 0 Å². The van der Waals surface area contributed by atoms with E-state index < -0.39 is 12.1 Å². The Kier molecular flexibility index (Phi) is 8.34. The largest absolute Gasteiger partial charge is 0.481 e. The third-order valence-corrected chi connectivity index (χ3v) is 5.93. The fraction of sp³-hybridized carbons (Fsp3) is 0.652. The van der Waals surface area contributed by atoms with E-state index in [0.717, 1.165) is 30.7 Å². The Morgan fingerprint density at radius 1 is 1.14 bits per heavy atom. The molecule has 0 bridgehead atoms. The fourth-order valence-corrected chi connectivity index (χ4v) is 4.14. The van der Waals surface area contributed by atoms with Crippen molar-refractivity contribution in [2.45, 2.75) is 78.4 Å². The SMILES string of the molecule is CC(C)(C)C1CCC(CC(CCC(=O)O)NC(=O)OCc2ccccc2)CC1. The zero-order valence-electron chi connectivity index (χ0n) is 17.4. The van der Waals surface area contributed by atoms with Crippen molar-refractivity contribution < 1.29 is 19.4 Å². The van der Waals surface area contributed by atoms with Crippen LogP contribution in [-0.4, -0.2) is 23.2 Å². The summed E-state index contributed by atoms with van der Waals surface area (Å²) in [6.45, 7) is 7.13. The lowest BCUT2D eigenvalue weighted by Gasteiger charge is -2.38. The van der Waals surface area contributed by atoms with Gasteiger partial charge in [-0.1, -0.05) is 63.9 Å². The molecule has 1 aliphatic rings. The molecule has 1 amide bonds. The Balaban J connectivity index is 1.83. The van der Waals surface area contributed by atoms with Crippen molar-refractivity contribution in [3.63, 3.8) is 0 Å². The first-order valence-corrected chi connectivity index (χ1v) is 10.4. The molecule has 1 atom stereocenters. The summed E-state index contributed by atoms with van der Waals surface area (Å²) in [5.74, 6) is 0.442. The first-order valence-electron chi connectivity index (χ1n) is 10.4. The molecule has 1 aliphatic carbocycles. The van der Waals surface area contributed by atoms with E-state index in [1.54, 1.807) is 0 Å².